The van der Waals surface area contributed by atoms with Crippen molar-refractivity contribution in [1.29, 1.82) is 0 Å². The average Bonchev–Trinajstić information content (AvgIpc) is 3.45. The molecule has 0 unspecified atom stereocenters. The number of nitrogens with one attached hydrogen (secondary N) is 2. The Morgan fingerprint density at radius 3 is 2.42 bits per heavy atom. The summed E-state index contributed by atoms with van der Waals surface area (Å²) < 4.78 is 38.5. The molecular formula is C27H21N3O5S. The average molecular weight is 500 g/mol. The van der Waals surface area contributed by atoms with E-state index in [1.54, 1.807) is 48.5 Å². The molecule has 180 valence electrons. The topological polar surface area (TPSA) is 97.0 Å². The molecule has 0 aliphatic carbocycles. The highest BCUT2D eigenvalue weighted by atomic mass is 32.2. The fraction of sp³-hybridized carbons (Fsp3) is 0.0741. The maximum atomic E-state index is 13.2. The second-order valence-corrected chi connectivity index (χ2v) is 10.3. The van der Waals surface area contributed by atoms with E-state index in [0.29, 0.717) is 33.3 Å². The Morgan fingerprint density at radius 2 is 1.61 bits per heavy atom. The Morgan fingerprint density at radius 1 is 0.889 bits per heavy atom. The number of carbonyl (C=O) groups excluding carboxylic acids is 1. The molecule has 9 heteroatoms. The van der Waals surface area contributed by atoms with E-state index >= 15 is 0 Å². The lowest BCUT2D eigenvalue weighted by atomic mass is 10.1. The van der Waals surface area contributed by atoms with Crippen molar-refractivity contribution in [1.82, 2.24) is 10.9 Å². The zero-order chi connectivity index (χ0) is 24.9. The molecule has 2 heterocycles. The molecule has 0 saturated heterocycles. The molecule has 0 radical (unpaired) electrons. The van der Waals surface area contributed by atoms with Gasteiger partial charge in [-0.05, 0) is 53.4 Å². The number of carbonyl (C=O) groups is 1. The molecule has 36 heavy (non-hydrogen) atoms. The molecule has 0 aromatic heterocycles. The SMILES string of the molecule is C=C(NNC(=O)c1ccc(CN2c3cccc4cccc(c34)S2(=O)=O)cc1)c1ccc2c(c1)OCO2. The number of benzene rings is 4. The first-order valence-electron chi connectivity index (χ1n) is 11.2. The van der Waals surface area contributed by atoms with Crippen molar-refractivity contribution < 1.29 is 22.7 Å². The molecule has 4 aromatic carbocycles. The van der Waals surface area contributed by atoms with Crippen LogP contribution in [0, 0.1) is 0 Å². The van der Waals surface area contributed by atoms with Crippen LogP contribution in [0.1, 0.15) is 21.5 Å². The van der Waals surface area contributed by atoms with Crippen LogP contribution >= 0.6 is 0 Å². The van der Waals surface area contributed by atoms with Gasteiger partial charge in [0.25, 0.3) is 15.9 Å². The summed E-state index contributed by atoms with van der Waals surface area (Å²) in [6.07, 6.45) is 0. The Bertz CT molecular complexity index is 1640. The number of hydrazine groups is 1. The number of sulfonamides is 1. The fourth-order valence-corrected chi connectivity index (χ4v) is 6.12. The quantitative estimate of drug-likeness (QED) is 0.387. The number of rotatable bonds is 6. The summed E-state index contributed by atoms with van der Waals surface area (Å²) in [7, 11) is -3.65. The van der Waals surface area contributed by atoms with E-state index in [4.69, 9.17) is 9.47 Å². The van der Waals surface area contributed by atoms with E-state index in [1.165, 1.54) is 4.31 Å². The number of fused-ring (bicyclic) bond motifs is 1. The highest BCUT2D eigenvalue weighted by molar-refractivity contribution is 7.93. The van der Waals surface area contributed by atoms with Crippen molar-refractivity contribution >= 4 is 38.1 Å². The van der Waals surface area contributed by atoms with E-state index < -0.39 is 10.0 Å². The summed E-state index contributed by atoms with van der Waals surface area (Å²) in [6.45, 7) is 4.29. The molecule has 6 rings (SSSR count). The number of hydrogen-bond donors (Lipinski definition) is 2. The van der Waals surface area contributed by atoms with Gasteiger partial charge in [-0.2, -0.15) is 0 Å². The van der Waals surface area contributed by atoms with Crippen LogP contribution in [0.5, 0.6) is 11.5 Å². The van der Waals surface area contributed by atoms with Crippen LogP contribution in [0.4, 0.5) is 5.69 Å². The molecule has 8 nitrogen and oxygen atoms in total. The third kappa shape index (κ3) is 3.61. The van der Waals surface area contributed by atoms with Gasteiger partial charge in [0.2, 0.25) is 6.79 Å². The van der Waals surface area contributed by atoms with Crippen LogP contribution < -0.4 is 24.6 Å². The van der Waals surface area contributed by atoms with Gasteiger partial charge in [-0.25, -0.2) is 8.42 Å². The van der Waals surface area contributed by atoms with Gasteiger partial charge in [0, 0.05) is 16.5 Å². The third-order valence-electron chi connectivity index (χ3n) is 6.27. The second-order valence-electron chi connectivity index (χ2n) is 8.47. The van der Waals surface area contributed by atoms with Gasteiger partial charge < -0.3 is 9.47 Å². The van der Waals surface area contributed by atoms with Gasteiger partial charge in [0.1, 0.15) is 0 Å². The van der Waals surface area contributed by atoms with E-state index in [2.05, 4.69) is 17.4 Å². The standard InChI is InChI=1S/C27H21N3O5S/c1-17(21-12-13-23-24(14-21)35-16-34-23)28-29-27(31)20-10-8-18(9-11-20)15-30-22-6-2-4-19-5-3-7-25(26(19)22)36(30,32)33/h2-14,28H,1,15-16H2,(H,29,31). The predicted molar refractivity (Wildman–Crippen MR) is 136 cm³/mol. The molecule has 0 atom stereocenters. The van der Waals surface area contributed by atoms with Crippen LogP contribution in [0.15, 0.2) is 90.3 Å². The first kappa shape index (κ1) is 22.0. The van der Waals surface area contributed by atoms with E-state index in [9.17, 15) is 13.2 Å². The van der Waals surface area contributed by atoms with Crippen LogP contribution in [0.25, 0.3) is 16.5 Å². The molecule has 2 N–H and O–H groups in total. The van der Waals surface area contributed by atoms with Crippen molar-refractivity contribution in [2.75, 3.05) is 11.1 Å². The third-order valence-corrected chi connectivity index (χ3v) is 8.07. The zero-order valence-electron chi connectivity index (χ0n) is 19.0. The molecule has 4 aromatic rings. The number of ether oxygens (including phenoxy) is 2. The first-order chi connectivity index (χ1) is 17.4. The number of amides is 1. The maximum Gasteiger partial charge on any atom is 0.269 e. The van der Waals surface area contributed by atoms with Gasteiger partial charge in [0.05, 0.1) is 22.8 Å². The van der Waals surface area contributed by atoms with Crippen molar-refractivity contribution in [2.24, 2.45) is 0 Å². The highest BCUT2D eigenvalue weighted by Crippen LogP contribution is 2.42. The number of anilines is 1. The minimum Gasteiger partial charge on any atom is -0.454 e. The lowest BCUT2D eigenvalue weighted by Gasteiger charge is -2.19. The van der Waals surface area contributed by atoms with Crippen molar-refractivity contribution in [3.05, 3.63) is 102 Å². The number of nitrogens with zero attached hydrogens (tertiary/aromatic N) is 1. The van der Waals surface area contributed by atoms with Crippen molar-refractivity contribution in [3.63, 3.8) is 0 Å². The monoisotopic (exact) mass is 499 g/mol. The Labute approximate surface area is 207 Å². The van der Waals surface area contributed by atoms with Crippen LogP contribution in [-0.4, -0.2) is 21.1 Å². The molecule has 0 bridgehead atoms. The highest BCUT2D eigenvalue weighted by Gasteiger charge is 2.35. The van der Waals surface area contributed by atoms with E-state index in [-0.39, 0.29) is 19.2 Å². The van der Waals surface area contributed by atoms with E-state index in [0.717, 1.165) is 21.9 Å². The minimum absolute atomic E-state index is 0.164. The second kappa shape index (κ2) is 8.31. The van der Waals surface area contributed by atoms with Gasteiger partial charge in [-0.3, -0.25) is 20.0 Å². The van der Waals surface area contributed by atoms with Gasteiger partial charge in [0.15, 0.2) is 11.5 Å². The van der Waals surface area contributed by atoms with Crippen LogP contribution in [-0.2, 0) is 16.6 Å². The Balaban J connectivity index is 1.14. The normalized spacial score (nSPS) is 14.6. The Kier molecular flexibility index (Phi) is 5.08. The summed E-state index contributed by atoms with van der Waals surface area (Å²) in [5, 5.41) is 1.63. The summed E-state index contributed by atoms with van der Waals surface area (Å²) in [5.74, 6) is 0.934. The lowest BCUT2D eigenvalue weighted by Crippen LogP contribution is -2.35. The summed E-state index contributed by atoms with van der Waals surface area (Å²) in [5.41, 5.74) is 8.53. The zero-order valence-corrected chi connectivity index (χ0v) is 19.8. The molecular weight excluding hydrogens is 478 g/mol. The summed E-state index contributed by atoms with van der Waals surface area (Å²) >= 11 is 0. The molecule has 2 aliphatic heterocycles. The maximum absolute atomic E-state index is 13.2. The van der Waals surface area contributed by atoms with Crippen molar-refractivity contribution in [2.45, 2.75) is 11.4 Å². The summed E-state index contributed by atoms with van der Waals surface area (Å²) in [6, 6.07) is 23.1. The molecule has 0 saturated carbocycles. The smallest absolute Gasteiger partial charge is 0.269 e. The predicted octanol–water partition coefficient (Wildman–Crippen LogP) is 4.18. The van der Waals surface area contributed by atoms with Crippen molar-refractivity contribution in [3.8, 4) is 11.5 Å². The lowest BCUT2D eigenvalue weighted by molar-refractivity contribution is 0.0942. The van der Waals surface area contributed by atoms with Gasteiger partial charge in [-0.15, -0.1) is 0 Å². The first-order valence-corrected chi connectivity index (χ1v) is 12.6. The largest absolute Gasteiger partial charge is 0.454 e. The molecule has 2 aliphatic rings. The molecule has 0 fully saturated rings. The van der Waals surface area contributed by atoms with Crippen LogP contribution in [0.3, 0.4) is 0 Å². The Hall–Kier alpha value is -4.50. The minimum atomic E-state index is -3.65. The summed E-state index contributed by atoms with van der Waals surface area (Å²) in [4.78, 5) is 13.0. The fourth-order valence-electron chi connectivity index (χ4n) is 4.42. The van der Waals surface area contributed by atoms with Gasteiger partial charge in [-0.1, -0.05) is 43.0 Å². The van der Waals surface area contributed by atoms with E-state index in [1.807, 2.05) is 30.3 Å². The number of hydrogen-bond acceptors (Lipinski definition) is 6. The molecule has 1 amide bonds. The molecule has 0 spiro atoms. The van der Waals surface area contributed by atoms with Gasteiger partial charge >= 0.3 is 0 Å². The van der Waals surface area contributed by atoms with Crippen LogP contribution in [0.2, 0.25) is 0 Å².